The van der Waals surface area contributed by atoms with E-state index in [1.165, 1.54) is 6.07 Å². The molecule has 1 aliphatic rings. The number of aliphatic hydroxyl groups is 1. The highest BCUT2D eigenvalue weighted by molar-refractivity contribution is 9.10. The second-order valence-electron chi connectivity index (χ2n) is 4.14. The van der Waals surface area contributed by atoms with Gasteiger partial charge in [-0.1, -0.05) is 0 Å². The molecule has 0 spiro atoms. The van der Waals surface area contributed by atoms with E-state index in [0.717, 1.165) is 12.8 Å². The van der Waals surface area contributed by atoms with Crippen LogP contribution in [-0.4, -0.2) is 17.8 Å². The van der Waals surface area contributed by atoms with E-state index >= 15 is 0 Å². The van der Waals surface area contributed by atoms with Crippen molar-refractivity contribution in [1.82, 2.24) is 0 Å². The first-order valence-corrected chi connectivity index (χ1v) is 6.03. The van der Waals surface area contributed by atoms with Gasteiger partial charge in [0.2, 0.25) is 0 Å². The molecule has 1 saturated carbocycles. The molecule has 0 amide bonds. The molecule has 1 aliphatic carbocycles. The minimum absolute atomic E-state index is 0.344. The molecule has 1 fully saturated rings. The molecular weight excluding hydrogens is 275 g/mol. The van der Waals surface area contributed by atoms with Crippen molar-refractivity contribution in [1.29, 1.82) is 0 Å². The summed E-state index contributed by atoms with van der Waals surface area (Å²) in [4.78, 5) is 0. The van der Waals surface area contributed by atoms with Crippen molar-refractivity contribution >= 4 is 27.3 Å². The zero-order chi connectivity index (χ0) is 11.7. The summed E-state index contributed by atoms with van der Waals surface area (Å²) in [5.41, 5.74) is 6.66. The molecule has 0 heterocycles. The number of rotatable bonds is 4. The lowest BCUT2D eigenvalue weighted by atomic mass is 10.2. The summed E-state index contributed by atoms with van der Waals surface area (Å²) in [6.45, 7) is 0.451. The molecule has 4 N–H and O–H groups in total. The minimum atomic E-state index is -0.384. The van der Waals surface area contributed by atoms with Crippen LogP contribution in [0.4, 0.5) is 15.8 Å². The van der Waals surface area contributed by atoms with Gasteiger partial charge in [-0.25, -0.2) is 4.39 Å². The number of nitrogen functional groups attached to an aromatic ring is 1. The number of aliphatic hydroxyl groups excluding tert-OH is 1. The Morgan fingerprint density at radius 1 is 1.56 bits per heavy atom. The van der Waals surface area contributed by atoms with Gasteiger partial charge in [-0.3, -0.25) is 0 Å². The summed E-state index contributed by atoms with van der Waals surface area (Å²) in [5, 5.41) is 12.7. The smallest absolute Gasteiger partial charge is 0.139 e. The van der Waals surface area contributed by atoms with Crippen LogP contribution in [0.15, 0.2) is 16.6 Å². The largest absolute Gasteiger partial charge is 0.397 e. The van der Waals surface area contributed by atoms with E-state index in [-0.39, 0.29) is 11.9 Å². The Kier molecular flexibility index (Phi) is 3.35. The predicted molar refractivity (Wildman–Crippen MR) is 65.7 cm³/mol. The van der Waals surface area contributed by atoms with E-state index in [2.05, 4.69) is 21.2 Å². The maximum atomic E-state index is 13.1. The van der Waals surface area contributed by atoms with Crippen molar-refractivity contribution in [3.8, 4) is 0 Å². The van der Waals surface area contributed by atoms with Gasteiger partial charge in [-0.05, 0) is 40.8 Å². The first-order chi connectivity index (χ1) is 7.58. The van der Waals surface area contributed by atoms with Gasteiger partial charge in [0.25, 0.3) is 0 Å². The standard InChI is InChI=1S/C11H14BrFN2O/c12-7-3-10(9(14)4-8(7)13)15-5-11(16)6-1-2-6/h3-4,6,11,15-16H,1-2,5,14H2. The van der Waals surface area contributed by atoms with E-state index in [4.69, 9.17) is 5.73 Å². The lowest BCUT2D eigenvalue weighted by molar-refractivity contribution is 0.164. The van der Waals surface area contributed by atoms with Crippen LogP contribution in [0.25, 0.3) is 0 Å². The van der Waals surface area contributed by atoms with Gasteiger partial charge in [-0.2, -0.15) is 0 Å². The fraction of sp³-hybridized carbons (Fsp3) is 0.455. The fourth-order valence-corrected chi connectivity index (χ4v) is 1.92. The topological polar surface area (TPSA) is 58.3 Å². The molecule has 1 atom stereocenters. The molecular formula is C11H14BrFN2O. The molecule has 0 aliphatic heterocycles. The van der Waals surface area contributed by atoms with Crippen LogP contribution < -0.4 is 11.1 Å². The maximum Gasteiger partial charge on any atom is 0.139 e. The first-order valence-electron chi connectivity index (χ1n) is 5.24. The lowest BCUT2D eigenvalue weighted by Crippen LogP contribution is -2.21. The summed E-state index contributed by atoms with van der Waals surface area (Å²) in [5.74, 6) is 0.0309. The monoisotopic (exact) mass is 288 g/mol. The Hall–Kier alpha value is -0.810. The van der Waals surface area contributed by atoms with Crippen molar-refractivity contribution in [2.45, 2.75) is 18.9 Å². The number of halogens is 2. The number of nitrogens with one attached hydrogen (secondary N) is 1. The van der Waals surface area contributed by atoms with Crippen molar-refractivity contribution < 1.29 is 9.50 Å². The Bertz CT molecular complexity index is 396. The zero-order valence-electron chi connectivity index (χ0n) is 8.71. The number of nitrogens with two attached hydrogens (primary N) is 1. The van der Waals surface area contributed by atoms with Gasteiger partial charge < -0.3 is 16.2 Å². The summed E-state index contributed by atoms with van der Waals surface area (Å²) >= 11 is 3.10. The molecule has 0 radical (unpaired) electrons. The average Bonchev–Trinajstić information content (AvgIpc) is 3.04. The number of hydrogen-bond acceptors (Lipinski definition) is 3. The van der Waals surface area contributed by atoms with E-state index in [1.54, 1.807) is 6.07 Å². The highest BCUT2D eigenvalue weighted by atomic mass is 79.9. The van der Waals surface area contributed by atoms with Gasteiger partial charge in [0, 0.05) is 12.6 Å². The van der Waals surface area contributed by atoms with E-state index in [0.29, 0.717) is 28.3 Å². The Balaban J connectivity index is 2.00. The van der Waals surface area contributed by atoms with Gasteiger partial charge >= 0.3 is 0 Å². The number of benzene rings is 1. The van der Waals surface area contributed by atoms with Crippen LogP contribution in [0, 0.1) is 11.7 Å². The van der Waals surface area contributed by atoms with E-state index in [1.807, 2.05) is 0 Å². The fourth-order valence-electron chi connectivity index (χ4n) is 1.58. The molecule has 88 valence electrons. The second-order valence-corrected chi connectivity index (χ2v) is 4.99. The van der Waals surface area contributed by atoms with E-state index in [9.17, 15) is 9.50 Å². The molecule has 1 aromatic rings. The molecule has 0 aromatic heterocycles. The van der Waals surface area contributed by atoms with Crippen molar-refractivity contribution in [3.63, 3.8) is 0 Å². The molecule has 0 bridgehead atoms. The molecule has 3 nitrogen and oxygen atoms in total. The molecule has 5 heteroatoms. The summed E-state index contributed by atoms with van der Waals surface area (Å²) in [6, 6.07) is 2.85. The van der Waals surface area contributed by atoms with Gasteiger partial charge in [-0.15, -0.1) is 0 Å². The highest BCUT2D eigenvalue weighted by Gasteiger charge is 2.29. The van der Waals surface area contributed by atoms with Gasteiger partial charge in [0.05, 0.1) is 22.0 Å². The van der Waals surface area contributed by atoms with Crippen LogP contribution in [-0.2, 0) is 0 Å². The molecule has 1 unspecified atom stereocenters. The third-order valence-corrected chi connectivity index (χ3v) is 3.37. The highest BCUT2D eigenvalue weighted by Crippen LogP contribution is 2.33. The van der Waals surface area contributed by atoms with Crippen molar-refractivity contribution in [2.75, 3.05) is 17.6 Å². The summed E-state index contributed by atoms with van der Waals surface area (Å²) in [6.07, 6.45) is 1.83. The zero-order valence-corrected chi connectivity index (χ0v) is 10.3. The summed E-state index contributed by atoms with van der Waals surface area (Å²) in [7, 11) is 0. The van der Waals surface area contributed by atoms with Crippen molar-refractivity contribution in [3.05, 3.63) is 22.4 Å². The Morgan fingerprint density at radius 3 is 2.88 bits per heavy atom. The quantitative estimate of drug-likeness (QED) is 0.746. The van der Waals surface area contributed by atoms with Crippen LogP contribution in [0.3, 0.4) is 0 Å². The Morgan fingerprint density at radius 2 is 2.25 bits per heavy atom. The first kappa shape index (κ1) is 11.7. The average molecular weight is 289 g/mol. The van der Waals surface area contributed by atoms with Crippen LogP contribution in [0.2, 0.25) is 0 Å². The van der Waals surface area contributed by atoms with Crippen LogP contribution in [0.5, 0.6) is 0 Å². The van der Waals surface area contributed by atoms with Crippen LogP contribution in [0.1, 0.15) is 12.8 Å². The Labute approximate surface area is 102 Å². The van der Waals surface area contributed by atoms with Gasteiger partial charge in [0.1, 0.15) is 5.82 Å². The molecule has 1 aromatic carbocycles. The van der Waals surface area contributed by atoms with Crippen molar-refractivity contribution in [2.24, 2.45) is 5.92 Å². The molecule has 2 rings (SSSR count). The third kappa shape index (κ3) is 2.65. The number of anilines is 2. The normalized spacial score (nSPS) is 17.2. The minimum Gasteiger partial charge on any atom is -0.397 e. The molecule has 16 heavy (non-hydrogen) atoms. The third-order valence-electron chi connectivity index (χ3n) is 2.76. The van der Waals surface area contributed by atoms with Gasteiger partial charge in [0.15, 0.2) is 0 Å². The van der Waals surface area contributed by atoms with Crippen LogP contribution >= 0.6 is 15.9 Å². The molecule has 0 saturated heterocycles. The maximum absolute atomic E-state index is 13.1. The summed E-state index contributed by atoms with van der Waals surface area (Å²) < 4.78 is 13.5. The lowest BCUT2D eigenvalue weighted by Gasteiger charge is -2.14. The van der Waals surface area contributed by atoms with E-state index < -0.39 is 0 Å². The SMILES string of the molecule is Nc1cc(F)c(Br)cc1NCC(O)C1CC1. The second kappa shape index (κ2) is 4.59. The number of hydrogen-bond donors (Lipinski definition) is 3. The predicted octanol–water partition coefficient (Wildman–Crippen LogP) is 2.35.